The molecule has 1 aromatic carbocycles. The maximum Gasteiger partial charge on any atom is 0.224 e. The van der Waals surface area contributed by atoms with E-state index in [1.54, 1.807) is 10.6 Å². The van der Waals surface area contributed by atoms with E-state index in [1.807, 2.05) is 39.0 Å². The van der Waals surface area contributed by atoms with Crippen LogP contribution in [-0.4, -0.2) is 17.8 Å². The Kier molecular flexibility index (Phi) is 5.08. The molecule has 1 heterocycles. The molecule has 1 aromatic heterocycles. The number of anilines is 1. The minimum Gasteiger partial charge on any atom is -0.438 e. The van der Waals surface area contributed by atoms with Gasteiger partial charge in [-0.25, -0.2) is 0 Å². The summed E-state index contributed by atoms with van der Waals surface area (Å²) in [5.41, 5.74) is 9.06. The van der Waals surface area contributed by atoms with Crippen molar-refractivity contribution in [2.45, 2.75) is 27.3 Å². The highest BCUT2D eigenvalue weighted by atomic mass is 16.5. The van der Waals surface area contributed by atoms with Gasteiger partial charge in [-0.2, -0.15) is 5.26 Å². The first kappa shape index (κ1) is 15.9. The lowest BCUT2D eigenvalue weighted by atomic mass is 10.1. The summed E-state index contributed by atoms with van der Waals surface area (Å²) in [4.78, 5) is 0. The van der Waals surface area contributed by atoms with Gasteiger partial charge in [-0.05, 0) is 38.0 Å². The predicted molar refractivity (Wildman–Crippen MR) is 86.0 cm³/mol. The first-order valence-corrected chi connectivity index (χ1v) is 7.28. The summed E-state index contributed by atoms with van der Waals surface area (Å²) in [6.07, 6.45) is 0. The van der Waals surface area contributed by atoms with Gasteiger partial charge in [0.2, 0.25) is 5.88 Å². The van der Waals surface area contributed by atoms with Gasteiger partial charge in [0.1, 0.15) is 17.5 Å². The molecule has 0 aliphatic heterocycles. The highest BCUT2D eigenvalue weighted by molar-refractivity contribution is 5.57. The summed E-state index contributed by atoms with van der Waals surface area (Å²) in [7, 11) is 0. The summed E-state index contributed by atoms with van der Waals surface area (Å²) < 4.78 is 13.1. The fourth-order valence-corrected chi connectivity index (χ4v) is 2.20. The monoisotopic (exact) mass is 299 g/mol. The summed E-state index contributed by atoms with van der Waals surface area (Å²) in [6.45, 7) is 7.57. The lowest BCUT2D eigenvalue weighted by molar-refractivity contribution is 0.137. The van der Waals surface area contributed by atoms with Gasteiger partial charge in [0.15, 0.2) is 0 Å². The number of benzene rings is 1. The molecule has 2 rings (SSSR count). The number of nitrogens with two attached hydrogens (primary N) is 1. The number of aromatic nitrogens is 1. The summed E-state index contributed by atoms with van der Waals surface area (Å²) >= 11 is 0. The molecule has 0 radical (unpaired) electrons. The number of rotatable bonds is 6. The van der Waals surface area contributed by atoms with Crippen LogP contribution in [0.25, 0.3) is 0 Å². The van der Waals surface area contributed by atoms with Crippen molar-refractivity contribution in [3.05, 3.63) is 41.1 Å². The van der Waals surface area contributed by atoms with Crippen molar-refractivity contribution in [1.29, 1.82) is 5.26 Å². The number of aryl methyl sites for hydroxylation is 2. The van der Waals surface area contributed by atoms with E-state index in [0.29, 0.717) is 37.0 Å². The molecule has 0 amide bonds. The van der Waals surface area contributed by atoms with Crippen molar-refractivity contribution in [1.82, 2.24) is 4.57 Å². The largest absolute Gasteiger partial charge is 0.438 e. The molecule has 116 valence electrons. The Labute approximate surface area is 130 Å². The number of hydrogen-bond acceptors (Lipinski definition) is 4. The van der Waals surface area contributed by atoms with Gasteiger partial charge in [-0.15, -0.1) is 0 Å². The molecule has 0 bridgehead atoms. The first-order valence-electron chi connectivity index (χ1n) is 7.28. The van der Waals surface area contributed by atoms with Crippen LogP contribution in [0.5, 0.6) is 11.6 Å². The van der Waals surface area contributed by atoms with Crippen LogP contribution in [0.4, 0.5) is 5.69 Å². The molecule has 0 saturated carbocycles. The van der Waals surface area contributed by atoms with Gasteiger partial charge in [-0.1, -0.05) is 12.1 Å². The number of nitrogens with zero attached hydrogens (tertiary/aromatic N) is 2. The van der Waals surface area contributed by atoms with E-state index in [4.69, 9.17) is 15.2 Å². The van der Waals surface area contributed by atoms with Crippen molar-refractivity contribution in [3.8, 4) is 17.7 Å². The topological polar surface area (TPSA) is 73.2 Å². The average molecular weight is 299 g/mol. The second-order valence-electron chi connectivity index (χ2n) is 5.12. The normalized spacial score (nSPS) is 10.5. The van der Waals surface area contributed by atoms with E-state index in [2.05, 4.69) is 6.07 Å². The third kappa shape index (κ3) is 3.41. The van der Waals surface area contributed by atoms with Crippen molar-refractivity contribution in [2.75, 3.05) is 18.9 Å². The van der Waals surface area contributed by atoms with E-state index in [9.17, 15) is 5.26 Å². The van der Waals surface area contributed by atoms with Crippen LogP contribution in [0.15, 0.2) is 24.3 Å². The Morgan fingerprint density at radius 3 is 2.73 bits per heavy atom. The van der Waals surface area contributed by atoms with Crippen LogP contribution < -0.4 is 10.5 Å². The lowest BCUT2D eigenvalue weighted by Crippen LogP contribution is -2.09. The molecule has 22 heavy (non-hydrogen) atoms. The molecular formula is C17H21N3O2. The van der Waals surface area contributed by atoms with E-state index in [1.165, 1.54) is 0 Å². The van der Waals surface area contributed by atoms with Crippen molar-refractivity contribution in [2.24, 2.45) is 0 Å². The van der Waals surface area contributed by atoms with Crippen LogP contribution in [0.2, 0.25) is 0 Å². The summed E-state index contributed by atoms with van der Waals surface area (Å²) in [5.74, 6) is 1.23. The Morgan fingerprint density at radius 1 is 1.27 bits per heavy atom. The minimum atomic E-state index is 0.453. The highest BCUT2D eigenvalue weighted by Gasteiger charge is 2.16. The maximum atomic E-state index is 9.25. The van der Waals surface area contributed by atoms with Crippen molar-refractivity contribution in [3.63, 3.8) is 0 Å². The van der Waals surface area contributed by atoms with E-state index in [0.717, 1.165) is 16.9 Å². The smallest absolute Gasteiger partial charge is 0.224 e. The van der Waals surface area contributed by atoms with Crippen molar-refractivity contribution < 1.29 is 9.47 Å². The quantitative estimate of drug-likeness (QED) is 0.830. The minimum absolute atomic E-state index is 0.453. The van der Waals surface area contributed by atoms with Crippen LogP contribution in [-0.2, 0) is 11.3 Å². The Morgan fingerprint density at radius 2 is 2.05 bits per heavy atom. The molecule has 0 aliphatic carbocycles. The van der Waals surface area contributed by atoms with Gasteiger partial charge in [0.05, 0.1) is 18.8 Å². The maximum absolute atomic E-state index is 9.25. The van der Waals surface area contributed by atoms with Gasteiger partial charge in [-0.3, -0.25) is 4.57 Å². The molecule has 0 fully saturated rings. The van der Waals surface area contributed by atoms with Crippen LogP contribution >= 0.6 is 0 Å². The Bertz CT molecular complexity index is 699. The lowest BCUT2D eigenvalue weighted by Gasteiger charge is -2.14. The second-order valence-corrected chi connectivity index (χ2v) is 5.12. The average Bonchev–Trinajstić information content (AvgIpc) is 2.79. The fourth-order valence-electron chi connectivity index (χ4n) is 2.20. The Balaban J connectivity index is 2.35. The molecule has 0 atom stereocenters. The van der Waals surface area contributed by atoms with Crippen molar-refractivity contribution >= 4 is 5.69 Å². The third-order valence-corrected chi connectivity index (χ3v) is 3.40. The fraction of sp³-hybridized carbons (Fsp3) is 0.353. The van der Waals surface area contributed by atoms with Gasteiger partial charge in [0, 0.05) is 12.7 Å². The molecule has 0 spiro atoms. The van der Waals surface area contributed by atoms with Gasteiger partial charge in [0.25, 0.3) is 0 Å². The zero-order chi connectivity index (χ0) is 16.1. The molecule has 5 heteroatoms. The van der Waals surface area contributed by atoms with Crippen LogP contribution in [0.1, 0.15) is 23.7 Å². The summed E-state index contributed by atoms with van der Waals surface area (Å²) in [5, 5.41) is 9.25. The molecule has 2 aromatic rings. The number of hydrogen-bond donors (Lipinski definition) is 1. The van der Waals surface area contributed by atoms with Crippen LogP contribution in [0, 0.1) is 25.2 Å². The molecule has 2 N–H and O–H groups in total. The molecule has 5 nitrogen and oxygen atoms in total. The van der Waals surface area contributed by atoms with E-state index in [-0.39, 0.29) is 0 Å². The number of ether oxygens (including phenoxy) is 2. The second kappa shape index (κ2) is 7.01. The number of nitriles is 1. The summed E-state index contributed by atoms with van der Waals surface area (Å²) in [6, 6.07) is 9.76. The van der Waals surface area contributed by atoms with E-state index >= 15 is 0 Å². The first-order chi connectivity index (χ1) is 10.6. The third-order valence-electron chi connectivity index (χ3n) is 3.40. The highest BCUT2D eigenvalue weighted by Crippen LogP contribution is 2.33. The van der Waals surface area contributed by atoms with Crippen LogP contribution in [0.3, 0.4) is 0 Å². The molecule has 0 saturated heterocycles. The Hall–Kier alpha value is -2.45. The predicted octanol–water partition coefficient (Wildman–Crippen LogP) is 3.39. The number of nitrogen functional groups attached to an aromatic ring is 1. The van der Waals surface area contributed by atoms with Gasteiger partial charge >= 0.3 is 0 Å². The molecule has 0 aliphatic rings. The zero-order valence-electron chi connectivity index (χ0n) is 13.2. The molecular weight excluding hydrogens is 278 g/mol. The van der Waals surface area contributed by atoms with Gasteiger partial charge < -0.3 is 15.2 Å². The standard InChI is InChI=1S/C17H21N3O2/c1-4-21-8-7-20-14(11-18)10-15(19)17(20)22-16-9-12(2)5-6-13(16)3/h5-6,9-10H,4,7-8,19H2,1-3H3. The molecule has 0 unspecified atom stereocenters. The zero-order valence-corrected chi connectivity index (χ0v) is 13.2. The SMILES string of the molecule is CCOCCn1c(C#N)cc(N)c1Oc1cc(C)ccc1C. The van der Waals surface area contributed by atoms with E-state index < -0.39 is 0 Å².